The van der Waals surface area contributed by atoms with Crippen LogP contribution >= 0.6 is 15.9 Å². The quantitative estimate of drug-likeness (QED) is 0.943. The van der Waals surface area contributed by atoms with Gasteiger partial charge in [-0.25, -0.2) is 8.78 Å². The second-order valence-electron chi connectivity index (χ2n) is 4.02. The molecule has 2 aromatic rings. The number of hydrogen-bond donors (Lipinski definition) is 1. The third-order valence-electron chi connectivity index (χ3n) is 2.53. The van der Waals surface area contributed by atoms with Gasteiger partial charge >= 0.3 is 0 Å². The van der Waals surface area contributed by atoms with Crippen molar-refractivity contribution in [2.24, 2.45) is 5.73 Å². The van der Waals surface area contributed by atoms with Gasteiger partial charge in [-0.3, -0.25) is 4.98 Å². The fraction of sp³-hybridized carbons (Fsp3) is 0.154. The minimum atomic E-state index is -0.593. The summed E-state index contributed by atoms with van der Waals surface area (Å²) in [6, 6.07) is 4.90. The molecule has 2 rings (SSSR count). The molecule has 1 heterocycles. The molecule has 0 aliphatic carbocycles. The Hall–Kier alpha value is -1.33. The van der Waals surface area contributed by atoms with Crippen LogP contribution in [0, 0.1) is 11.6 Å². The Morgan fingerprint density at radius 2 is 1.78 bits per heavy atom. The summed E-state index contributed by atoms with van der Waals surface area (Å²) in [5.74, 6) is -1.19. The number of nitrogens with two attached hydrogens (primary N) is 1. The fourth-order valence-corrected chi connectivity index (χ4v) is 2.11. The van der Waals surface area contributed by atoms with Gasteiger partial charge in [-0.1, -0.05) is 0 Å². The second kappa shape index (κ2) is 5.54. The van der Waals surface area contributed by atoms with Crippen LogP contribution in [0.3, 0.4) is 0 Å². The lowest BCUT2D eigenvalue weighted by atomic mass is 10.0. The van der Waals surface area contributed by atoms with Crippen LogP contribution in [0.15, 0.2) is 41.1 Å². The summed E-state index contributed by atoms with van der Waals surface area (Å²) in [6.07, 6.45) is 3.65. The van der Waals surface area contributed by atoms with Gasteiger partial charge in [-0.05, 0) is 51.7 Å². The first-order chi connectivity index (χ1) is 8.54. The molecule has 0 aliphatic rings. The van der Waals surface area contributed by atoms with Gasteiger partial charge in [0.2, 0.25) is 0 Å². The van der Waals surface area contributed by atoms with Crippen molar-refractivity contribution in [2.75, 3.05) is 0 Å². The highest BCUT2D eigenvalue weighted by atomic mass is 79.9. The topological polar surface area (TPSA) is 38.9 Å². The van der Waals surface area contributed by atoms with Crippen LogP contribution in [0.2, 0.25) is 0 Å². The molecule has 2 N–H and O–H groups in total. The maximum atomic E-state index is 13.0. The Morgan fingerprint density at radius 1 is 1.11 bits per heavy atom. The summed E-state index contributed by atoms with van der Waals surface area (Å²) < 4.78 is 26.9. The minimum absolute atomic E-state index is 0.351. The maximum absolute atomic E-state index is 13.0. The van der Waals surface area contributed by atoms with E-state index in [1.165, 1.54) is 12.1 Å². The van der Waals surface area contributed by atoms with Crippen LogP contribution in [-0.2, 0) is 6.42 Å². The number of halogens is 3. The molecule has 18 heavy (non-hydrogen) atoms. The predicted octanol–water partition coefficient (Wildman–Crippen LogP) is 3.36. The van der Waals surface area contributed by atoms with E-state index in [1.807, 2.05) is 6.07 Å². The number of rotatable bonds is 3. The summed E-state index contributed by atoms with van der Waals surface area (Å²) in [6.45, 7) is 0. The van der Waals surface area contributed by atoms with E-state index in [0.717, 1.165) is 16.1 Å². The van der Waals surface area contributed by atoms with Crippen molar-refractivity contribution in [3.63, 3.8) is 0 Å². The van der Waals surface area contributed by atoms with Gasteiger partial charge in [0.15, 0.2) is 0 Å². The molecule has 1 aromatic carbocycles. The van der Waals surface area contributed by atoms with E-state index in [9.17, 15) is 8.78 Å². The lowest BCUT2D eigenvalue weighted by Crippen LogP contribution is -2.14. The third kappa shape index (κ3) is 3.34. The first kappa shape index (κ1) is 13.1. The lowest BCUT2D eigenvalue weighted by molar-refractivity contribution is 0.576. The SMILES string of the molecule is NC(Cc1cc(F)cc(F)c1)c1cncc(Br)c1. The second-order valence-corrected chi connectivity index (χ2v) is 4.94. The molecule has 94 valence electrons. The van der Waals surface area contributed by atoms with E-state index in [-0.39, 0.29) is 6.04 Å². The average Bonchev–Trinajstić information content (AvgIpc) is 2.27. The van der Waals surface area contributed by atoms with Crippen LogP contribution in [0.25, 0.3) is 0 Å². The molecule has 0 saturated heterocycles. The molecule has 0 fully saturated rings. The number of benzene rings is 1. The Balaban J connectivity index is 2.18. The highest BCUT2D eigenvalue weighted by Crippen LogP contribution is 2.19. The number of aromatic nitrogens is 1. The van der Waals surface area contributed by atoms with Gasteiger partial charge in [-0.2, -0.15) is 0 Å². The molecular weight excluding hydrogens is 302 g/mol. The smallest absolute Gasteiger partial charge is 0.126 e. The predicted molar refractivity (Wildman–Crippen MR) is 68.9 cm³/mol. The van der Waals surface area contributed by atoms with Crippen molar-refractivity contribution in [3.05, 3.63) is 63.9 Å². The van der Waals surface area contributed by atoms with E-state index in [0.29, 0.717) is 12.0 Å². The standard InChI is InChI=1S/C13H11BrF2N2/c14-10-4-9(6-18-7-10)13(17)3-8-1-11(15)5-12(16)2-8/h1-2,4-7,13H,3,17H2. The molecular formula is C13H11BrF2N2. The highest BCUT2D eigenvalue weighted by Gasteiger charge is 2.10. The Morgan fingerprint density at radius 3 is 2.39 bits per heavy atom. The van der Waals surface area contributed by atoms with Crippen LogP contribution in [0.1, 0.15) is 17.2 Å². The number of hydrogen-bond acceptors (Lipinski definition) is 2. The monoisotopic (exact) mass is 312 g/mol. The van der Waals surface area contributed by atoms with Gasteiger partial charge in [0.25, 0.3) is 0 Å². The Kier molecular flexibility index (Phi) is 4.04. The Bertz CT molecular complexity index is 540. The summed E-state index contributed by atoms with van der Waals surface area (Å²) in [7, 11) is 0. The largest absolute Gasteiger partial charge is 0.324 e. The van der Waals surface area contributed by atoms with E-state index in [1.54, 1.807) is 12.4 Å². The normalized spacial score (nSPS) is 12.4. The summed E-state index contributed by atoms with van der Waals surface area (Å²) in [4.78, 5) is 4.01. The van der Waals surface area contributed by atoms with Crippen LogP contribution in [-0.4, -0.2) is 4.98 Å². The number of nitrogens with zero attached hydrogens (tertiary/aromatic N) is 1. The van der Waals surface area contributed by atoms with Gasteiger partial charge in [0.05, 0.1) is 0 Å². The molecule has 0 bridgehead atoms. The molecule has 0 saturated carbocycles. The molecule has 1 aromatic heterocycles. The molecule has 1 unspecified atom stereocenters. The third-order valence-corrected chi connectivity index (χ3v) is 2.97. The average molecular weight is 313 g/mol. The van der Waals surface area contributed by atoms with Crippen molar-refractivity contribution >= 4 is 15.9 Å². The van der Waals surface area contributed by atoms with Gasteiger partial charge < -0.3 is 5.73 Å². The van der Waals surface area contributed by atoms with Crippen molar-refractivity contribution in [3.8, 4) is 0 Å². The zero-order valence-electron chi connectivity index (χ0n) is 9.41. The molecule has 0 amide bonds. The van der Waals surface area contributed by atoms with Crippen molar-refractivity contribution < 1.29 is 8.78 Å². The molecule has 5 heteroatoms. The maximum Gasteiger partial charge on any atom is 0.126 e. The molecule has 0 aliphatic heterocycles. The fourth-order valence-electron chi connectivity index (χ4n) is 1.73. The van der Waals surface area contributed by atoms with Gasteiger partial charge in [-0.15, -0.1) is 0 Å². The molecule has 0 radical (unpaired) electrons. The lowest BCUT2D eigenvalue weighted by Gasteiger charge is -2.12. The van der Waals surface area contributed by atoms with Crippen LogP contribution in [0.5, 0.6) is 0 Å². The number of pyridine rings is 1. The molecule has 2 nitrogen and oxygen atoms in total. The zero-order chi connectivity index (χ0) is 13.1. The van der Waals surface area contributed by atoms with Crippen molar-refractivity contribution in [2.45, 2.75) is 12.5 Å². The van der Waals surface area contributed by atoms with E-state index in [2.05, 4.69) is 20.9 Å². The molecule has 1 atom stereocenters. The minimum Gasteiger partial charge on any atom is -0.324 e. The van der Waals surface area contributed by atoms with Gasteiger partial charge in [0.1, 0.15) is 11.6 Å². The van der Waals surface area contributed by atoms with E-state index >= 15 is 0 Å². The van der Waals surface area contributed by atoms with Crippen LogP contribution < -0.4 is 5.73 Å². The Labute approximate surface area is 112 Å². The van der Waals surface area contributed by atoms with Crippen LogP contribution in [0.4, 0.5) is 8.78 Å². The first-order valence-electron chi connectivity index (χ1n) is 5.35. The first-order valence-corrected chi connectivity index (χ1v) is 6.15. The zero-order valence-corrected chi connectivity index (χ0v) is 11.0. The molecule has 0 spiro atoms. The highest BCUT2D eigenvalue weighted by molar-refractivity contribution is 9.10. The summed E-state index contributed by atoms with van der Waals surface area (Å²) in [5.41, 5.74) is 7.33. The van der Waals surface area contributed by atoms with Gasteiger partial charge in [0, 0.05) is 29.0 Å². The van der Waals surface area contributed by atoms with E-state index in [4.69, 9.17) is 5.73 Å². The van der Waals surface area contributed by atoms with Crippen molar-refractivity contribution in [1.29, 1.82) is 0 Å². The van der Waals surface area contributed by atoms with Crippen molar-refractivity contribution in [1.82, 2.24) is 4.98 Å². The van der Waals surface area contributed by atoms with E-state index < -0.39 is 11.6 Å². The summed E-state index contributed by atoms with van der Waals surface area (Å²) in [5, 5.41) is 0. The summed E-state index contributed by atoms with van der Waals surface area (Å²) >= 11 is 3.30.